The zero-order valence-electron chi connectivity index (χ0n) is 18.8. The summed E-state index contributed by atoms with van der Waals surface area (Å²) in [6, 6.07) is 12.6. The standard InChI is InChI=1S/C23H32N2O4S2/c1-17-7-6-8-18(2)25(17)31(28,29)22-15-11-20(12-16-22)24-30(26,27)21-13-9-19(10-14-21)23(3,4)5/h9-18,24H,6-8H2,1-5H3. The predicted molar refractivity (Wildman–Crippen MR) is 124 cm³/mol. The molecule has 1 N–H and O–H groups in total. The van der Waals surface area contributed by atoms with Crippen molar-refractivity contribution in [2.75, 3.05) is 4.72 Å². The Morgan fingerprint density at radius 2 is 1.29 bits per heavy atom. The number of nitrogens with one attached hydrogen (secondary N) is 1. The smallest absolute Gasteiger partial charge is 0.261 e. The largest absolute Gasteiger partial charge is 0.280 e. The van der Waals surface area contributed by atoms with Crippen LogP contribution in [0.5, 0.6) is 0 Å². The fourth-order valence-corrected chi connectivity index (χ4v) is 6.98. The minimum Gasteiger partial charge on any atom is -0.280 e. The molecule has 2 unspecified atom stereocenters. The van der Waals surface area contributed by atoms with Gasteiger partial charge in [-0.3, -0.25) is 4.72 Å². The molecule has 0 radical (unpaired) electrons. The van der Waals surface area contributed by atoms with Crippen LogP contribution in [-0.4, -0.2) is 33.2 Å². The highest BCUT2D eigenvalue weighted by Crippen LogP contribution is 2.30. The average molecular weight is 465 g/mol. The number of rotatable bonds is 5. The summed E-state index contributed by atoms with van der Waals surface area (Å²) in [4.78, 5) is 0.332. The zero-order valence-corrected chi connectivity index (χ0v) is 20.4. The van der Waals surface area contributed by atoms with Crippen LogP contribution in [0.1, 0.15) is 59.4 Å². The summed E-state index contributed by atoms with van der Waals surface area (Å²) in [6.45, 7) is 10.1. The molecule has 6 nitrogen and oxygen atoms in total. The molecule has 1 aliphatic rings. The molecule has 1 saturated heterocycles. The highest BCUT2D eigenvalue weighted by Gasteiger charge is 2.35. The van der Waals surface area contributed by atoms with Crippen molar-refractivity contribution in [2.45, 2.75) is 81.2 Å². The van der Waals surface area contributed by atoms with Gasteiger partial charge in [-0.05, 0) is 74.1 Å². The maximum Gasteiger partial charge on any atom is 0.261 e. The number of piperidine rings is 1. The molecule has 1 fully saturated rings. The van der Waals surface area contributed by atoms with E-state index in [9.17, 15) is 16.8 Å². The second-order valence-corrected chi connectivity index (χ2v) is 12.9. The lowest BCUT2D eigenvalue weighted by atomic mass is 9.87. The molecule has 1 aliphatic heterocycles. The molecule has 0 aromatic heterocycles. The number of benzene rings is 2. The topological polar surface area (TPSA) is 83.6 Å². The van der Waals surface area contributed by atoms with Gasteiger partial charge in [-0.25, -0.2) is 16.8 Å². The van der Waals surface area contributed by atoms with Gasteiger partial charge in [0.25, 0.3) is 10.0 Å². The lowest BCUT2D eigenvalue weighted by molar-refractivity contribution is 0.204. The third kappa shape index (κ3) is 5.13. The van der Waals surface area contributed by atoms with Gasteiger partial charge >= 0.3 is 0 Å². The predicted octanol–water partition coefficient (Wildman–Crippen LogP) is 4.74. The fraction of sp³-hybridized carbons (Fsp3) is 0.478. The quantitative estimate of drug-likeness (QED) is 0.693. The molecule has 2 aromatic carbocycles. The third-order valence-corrected chi connectivity index (χ3v) is 9.37. The normalized spacial score (nSPS) is 21.1. The Bertz CT molecular complexity index is 1110. The van der Waals surface area contributed by atoms with E-state index in [0.29, 0.717) is 5.69 Å². The van der Waals surface area contributed by atoms with E-state index in [1.165, 1.54) is 24.3 Å². The molecule has 0 amide bonds. The molecule has 1 heterocycles. The summed E-state index contributed by atoms with van der Waals surface area (Å²) < 4.78 is 55.8. The average Bonchev–Trinajstić information content (AvgIpc) is 2.67. The van der Waals surface area contributed by atoms with Gasteiger partial charge in [-0.15, -0.1) is 0 Å². The van der Waals surface area contributed by atoms with Crippen molar-refractivity contribution in [3.05, 3.63) is 54.1 Å². The summed E-state index contributed by atoms with van der Waals surface area (Å²) >= 11 is 0. The first kappa shape index (κ1) is 23.8. The first-order valence-electron chi connectivity index (χ1n) is 10.6. The van der Waals surface area contributed by atoms with Crippen LogP contribution in [0.4, 0.5) is 5.69 Å². The molecule has 0 aliphatic carbocycles. The highest BCUT2D eigenvalue weighted by atomic mass is 32.2. The van der Waals surface area contributed by atoms with Crippen LogP contribution in [0, 0.1) is 0 Å². The Labute approximate surface area is 186 Å². The van der Waals surface area contributed by atoms with Crippen molar-refractivity contribution in [1.82, 2.24) is 4.31 Å². The summed E-state index contributed by atoms with van der Waals surface area (Å²) in [5, 5.41) is 0. The maximum absolute atomic E-state index is 13.1. The van der Waals surface area contributed by atoms with Crippen molar-refractivity contribution in [2.24, 2.45) is 0 Å². The second-order valence-electron chi connectivity index (χ2n) is 9.37. The van der Waals surface area contributed by atoms with E-state index >= 15 is 0 Å². The molecule has 2 aromatic rings. The van der Waals surface area contributed by atoms with Crippen molar-refractivity contribution < 1.29 is 16.8 Å². The third-order valence-electron chi connectivity index (χ3n) is 5.83. The molecule has 31 heavy (non-hydrogen) atoms. The van der Waals surface area contributed by atoms with Crippen LogP contribution >= 0.6 is 0 Å². The van der Waals surface area contributed by atoms with Crippen molar-refractivity contribution in [3.63, 3.8) is 0 Å². The van der Waals surface area contributed by atoms with Crippen LogP contribution in [0.2, 0.25) is 0 Å². The number of hydrogen-bond acceptors (Lipinski definition) is 4. The van der Waals surface area contributed by atoms with Gasteiger partial charge in [0.2, 0.25) is 10.0 Å². The number of anilines is 1. The number of sulfonamides is 2. The van der Waals surface area contributed by atoms with E-state index in [0.717, 1.165) is 24.8 Å². The van der Waals surface area contributed by atoms with Gasteiger partial charge in [0.05, 0.1) is 9.79 Å². The summed E-state index contributed by atoms with van der Waals surface area (Å²) in [7, 11) is -7.41. The van der Waals surface area contributed by atoms with Gasteiger partial charge in [-0.2, -0.15) is 4.31 Å². The van der Waals surface area contributed by atoms with Crippen LogP contribution in [0.25, 0.3) is 0 Å². The monoisotopic (exact) mass is 464 g/mol. The lowest BCUT2D eigenvalue weighted by Gasteiger charge is -2.37. The van der Waals surface area contributed by atoms with Crippen molar-refractivity contribution in [3.8, 4) is 0 Å². The Kier molecular flexibility index (Phi) is 6.56. The highest BCUT2D eigenvalue weighted by molar-refractivity contribution is 7.92. The van der Waals surface area contributed by atoms with E-state index in [-0.39, 0.29) is 27.3 Å². The van der Waals surface area contributed by atoms with Gasteiger partial charge in [-0.1, -0.05) is 39.3 Å². The number of hydrogen-bond donors (Lipinski definition) is 1. The van der Waals surface area contributed by atoms with E-state index < -0.39 is 20.0 Å². The van der Waals surface area contributed by atoms with E-state index in [1.54, 1.807) is 16.4 Å². The van der Waals surface area contributed by atoms with Gasteiger partial charge in [0, 0.05) is 17.8 Å². The molecule has 2 atom stereocenters. The Hall–Kier alpha value is -1.90. The SMILES string of the molecule is CC1CCCC(C)N1S(=O)(=O)c1ccc(NS(=O)(=O)c2ccc(C(C)(C)C)cc2)cc1. The minimum atomic E-state index is -3.77. The second kappa shape index (κ2) is 8.56. The molecular weight excluding hydrogens is 432 g/mol. The van der Waals surface area contributed by atoms with E-state index in [2.05, 4.69) is 25.5 Å². The van der Waals surface area contributed by atoms with Gasteiger partial charge in [0.15, 0.2) is 0 Å². The Morgan fingerprint density at radius 3 is 1.77 bits per heavy atom. The van der Waals surface area contributed by atoms with Crippen LogP contribution in [0.15, 0.2) is 58.3 Å². The molecule has 0 bridgehead atoms. The molecule has 8 heteroatoms. The first-order valence-corrected chi connectivity index (χ1v) is 13.5. The fourth-order valence-electron chi connectivity index (χ4n) is 4.04. The van der Waals surface area contributed by atoms with E-state index in [4.69, 9.17) is 0 Å². The lowest BCUT2D eigenvalue weighted by Crippen LogP contribution is -2.47. The zero-order chi connectivity index (χ0) is 23.0. The first-order chi connectivity index (χ1) is 14.3. The molecule has 0 saturated carbocycles. The van der Waals surface area contributed by atoms with E-state index in [1.807, 2.05) is 26.0 Å². The van der Waals surface area contributed by atoms with Gasteiger partial charge in [0.1, 0.15) is 0 Å². The van der Waals surface area contributed by atoms with Crippen molar-refractivity contribution in [1.29, 1.82) is 0 Å². The van der Waals surface area contributed by atoms with Crippen LogP contribution in [0.3, 0.4) is 0 Å². The van der Waals surface area contributed by atoms with Crippen LogP contribution in [-0.2, 0) is 25.5 Å². The Balaban J connectivity index is 1.80. The molecular formula is C23H32N2O4S2. The summed E-state index contributed by atoms with van der Waals surface area (Å²) in [6.07, 6.45) is 2.71. The molecule has 170 valence electrons. The minimum absolute atomic E-state index is 0.0528. The molecule has 0 spiro atoms. The maximum atomic E-state index is 13.1. The van der Waals surface area contributed by atoms with Gasteiger partial charge < -0.3 is 0 Å². The van der Waals surface area contributed by atoms with Crippen LogP contribution < -0.4 is 4.72 Å². The van der Waals surface area contributed by atoms with Crippen molar-refractivity contribution >= 4 is 25.7 Å². The Morgan fingerprint density at radius 1 is 0.806 bits per heavy atom. The summed E-state index contributed by atoms with van der Waals surface area (Å²) in [5.74, 6) is 0. The number of nitrogens with zero attached hydrogens (tertiary/aromatic N) is 1. The summed E-state index contributed by atoms with van der Waals surface area (Å²) in [5.41, 5.74) is 1.29. The molecule has 3 rings (SSSR count).